The van der Waals surface area contributed by atoms with E-state index in [-0.39, 0.29) is 11.3 Å². The summed E-state index contributed by atoms with van der Waals surface area (Å²) in [6.07, 6.45) is 5.73. The van der Waals surface area contributed by atoms with Crippen LogP contribution in [0.4, 0.5) is 0 Å². The summed E-state index contributed by atoms with van der Waals surface area (Å²) in [6.45, 7) is 2.82. The molecule has 2 aromatic carbocycles. The highest BCUT2D eigenvalue weighted by Gasteiger charge is 2.50. The minimum absolute atomic E-state index is 0.133. The number of rotatable bonds is 6. The van der Waals surface area contributed by atoms with Crippen molar-refractivity contribution in [3.63, 3.8) is 0 Å². The molecule has 1 aromatic heterocycles. The monoisotopic (exact) mass is 366 g/mol. The third-order valence-electron chi connectivity index (χ3n) is 5.53. The quantitative estimate of drug-likeness (QED) is 0.648. The zero-order chi connectivity index (χ0) is 18.1. The summed E-state index contributed by atoms with van der Waals surface area (Å²) >= 11 is 5.97. The lowest BCUT2D eigenvalue weighted by Crippen LogP contribution is -2.35. The number of amides is 1. The molecule has 3 aromatic rings. The van der Waals surface area contributed by atoms with Gasteiger partial charge in [-0.1, -0.05) is 48.9 Å². The summed E-state index contributed by atoms with van der Waals surface area (Å²) in [7, 11) is 0. The molecule has 0 spiro atoms. The van der Waals surface area contributed by atoms with Crippen LogP contribution in [-0.4, -0.2) is 17.4 Å². The molecule has 0 radical (unpaired) electrons. The molecule has 1 fully saturated rings. The van der Waals surface area contributed by atoms with Gasteiger partial charge in [-0.05, 0) is 54.5 Å². The van der Waals surface area contributed by atoms with Gasteiger partial charge in [0.25, 0.3) is 0 Å². The number of aromatic nitrogens is 1. The second kappa shape index (κ2) is 6.81. The molecular weight excluding hydrogens is 344 g/mol. The number of hydrogen-bond acceptors (Lipinski definition) is 1. The Morgan fingerprint density at radius 3 is 2.62 bits per heavy atom. The van der Waals surface area contributed by atoms with Gasteiger partial charge in [-0.3, -0.25) is 4.79 Å². The van der Waals surface area contributed by atoms with Gasteiger partial charge < -0.3 is 10.3 Å². The van der Waals surface area contributed by atoms with Crippen LogP contribution in [0.1, 0.15) is 36.5 Å². The largest absolute Gasteiger partial charge is 0.361 e. The average molecular weight is 367 g/mol. The lowest BCUT2D eigenvalue weighted by Gasteiger charge is -2.16. The van der Waals surface area contributed by atoms with Crippen LogP contribution >= 0.6 is 11.6 Å². The van der Waals surface area contributed by atoms with Crippen LogP contribution < -0.4 is 5.32 Å². The number of carbonyl (C=O) groups excluding carboxylic acids is 1. The normalized spacial score (nSPS) is 15.2. The summed E-state index contributed by atoms with van der Waals surface area (Å²) < 4.78 is 0. The molecule has 0 atom stereocenters. The smallest absolute Gasteiger partial charge is 0.230 e. The summed E-state index contributed by atoms with van der Waals surface area (Å²) in [5.41, 5.74) is 4.53. The molecule has 0 bridgehead atoms. The second-order valence-electron chi connectivity index (χ2n) is 7.10. The first kappa shape index (κ1) is 17.2. The van der Waals surface area contributed by atoms with Gasteiger partial charge in [-0.2, -0.15) is 0 Å². The van der Waals surface area contributed by atoms with Crippen molar-refractivity contribution in [1.29, 1.82) is 0 Å². The van der Waals surface area contributed by atoms with Crippen molar-refractivity contribution in [3.8, 4) is 0 Å². The van der Waals surface area contributed by atoms with E-state index < -0.39 is 0 Å². The van der Waals surface area contributed by atoms with Crippen LogP contribution in [0.25, 0.3) is 10.9 Å². The highest BCUT2D eigenvalue weighted by molar-refractivity contribution is 6.30. The second-order valence-corrected chi connectivity index (χ2v) is 7.54. The highest BCUT2D eigenvalue weighted by Crippen LogP contribution is 2.48. The number of hydrogen-bond donors (Lipinski definition) is 2. The van der Waals surface area contributed by atoms with Gasteiger partial charge >= 0.3 is 0 Å². The molecule has 4 heteroatoms. The molecule has 26 heavy (non-hydrogen) atoms. The Morgan fingerprint density at radius 2 is 1.92 bits per heavy atom. The van der Waals surface area contributed by atoms with E-state index in [2.05, 4.69) is 41.6 Å². The van der Waals surface area contributed by atoms with Crippen molar-refractivity contribution < 1.29 is 4.79 Å². The minimum Gasteiger partial charge on any atom is -0.361 e. The molecule has 2 N–H and O–H groups in total. The van der Waals surface area contributed by atoms with Gasteiger partial charge in [0.15, 0.2) is 0 Å². The third kappa shape index (κ3) is 3.01. The molecule has 0 aliphatic heterocycles. The Morgan fingerprint density at radius 1 is 1.15 bits per heavy atom. The first-order valence-electron chi connectivity index (χ1n) is 9.26. The molecule has 3 nitrogen and oxygen atoms in total. The van der Waals surface area contributed by atoms with E-state index in [4.69, 9.17) is 11.6 Å². The summed E-state index contributed by atoms with van der Waals surface area (Å²) in [5.74, 6) is 0.133. The van der Waals surface area contributed by atoms with Crippen molar-refractivity contribution in [2.45, 2.75) is 38.0 Å². The van der Waals surface area contributed by atoms with Crippen molar-refractivity contribution in [2.24, 2.45) is 0 Å². The predicted octanol–water partition coefficient (Wildman–Crippen LogP) is 4.77. The van der Waals surface area contributed by atoms with E-state index in [1.807, 2.05) is 24.3 Å². The Bertz CT molecular complexity index is 938. The van der Waals surface area contributed by atoms with E-state index in [0.717, 1.165) is 31.2 Å². The summed E-state index contributed by atoms with van der Waals surface area (Å²) in [5, 5.41) is 5.11. The van der Waals surface area contributed by atoms with E-state index >= 15 is 0 Å². The molecule has 0 saturated heterocycles. The Balaban J connectivity index is 1.42. The van der Waals surface area contributed by atoms with Crippen molar-refractivity contribution in [1.82, 2.24) is 10.3 Å². The first-order chi connectivity index (χ1) is 12.6. The molecule has 1 saturated carbocycles. The van der Waals surface area contributed by atoms with Gasteiger partial charge in [0.1, 0.15) is 0 Å². The summed E-state index contributed by atoms with van der Waals surface area (Å²) in [4.78, 5) is 16.1. The van der Waals surface area contributed by atoms with Gasteiger partial charge in [0, 0.05) is 28.7 Å². The average Bonchev–Trinajstić information content (AvgIpc) is 3.37. The van der Waals surface area contributed by atoms with Crippen LogP contribution in [0.3, 0.4) is 0 Å². The zero-order valence-electron chi connectivity index (χ0n) is 14.9. The van der Waals surface area contributed by atoms with Crippen molar-refractivity contribution in [2.75, 3.05) is 6.54 Å². The first-order valence-corrected chi connectivity index (χ1v) is 9.64. The van der Waals surface area contributed by atoms with Crippen LogP contribution in [0.2, 0.25) is 5.02 Å². The van der Waals surface area contributed by atoms with Crippen molar-refractivity contribution in [3.05, 3.63) is 70.4 Å². The highest BCUT2D eigenvalue weighted by atomic mass is 35.5. The Labute approximate surface area is 158 Å². The number of nitrogens with one attached hydrogen (secondary N) is 2. The molecule has 134 valence electrons. The summed E-state index contributed by atoms with van der Waals surface area (Å²) in [6, 6.07) is 14.1. The van der Waals surface area contributed by atoms with Gasteiger partial charge in [-0.25, -0.2) is 0 Å². The molecule has 1 heterocycles. The number of benzene rings is 2. The fourth-order valence-corrected chi connectivity index (χ4v) is 3.92. The minimum atomic E-state index is -0.347. The number of fused-ring (bicyclic) bond motifs is 1. The third-order valence-corrected chi connectivity index (χ3v) is 5.78. The maximum Gasteiger partial charge on any atom is 0.230 e. The molecule has 1 amide bonds. The SMILES string of the molecule is CCc1cccc2c(CCNC(=O)C3(c4ccc(Cl)cc4)CC3)c[nH]c12. The Kier molecular flexibility index (Phi) is 4.49. The lowest BCUT2D eigenvalue weighted by molar-refractivity contribution is -0.123. The van der Waals surface area contributed by atoms with Crippen LogP contribution in [0, 0.1) is 0 Å². The number of carbonyl (C=O) groups is 1. The molecule has 4 rings (SSSR count). The number of H-pyrrole nitrogens is 1. The van der Waals surface area contributed by atoms with E-state index in [1.165, 1.54) is 22.0 Å². The fraction of sp³-hybridized carbons (Fsp3) is 0.318. The number of halogens is 1. The van der Waals surface area contributed by atoms with Gasteiger partial charge in [0.05, 0.1) is 5.41 Å². The predicted molar refractivity (Wildman–Crippen MR) is 107 cm³/mol. The molecular formula is C22H23ClN2O. The molecule has 1 aliphatic rings. The van der Waals surface area contributed by atoms with E-state index in [0.29, 0.717) is 11.6 Å². The fourth-order valence-electron chi connectivity index (χ4n) is 3.80. The number of aryl methyl sites for hydroxylation is 1. The van der Waals surface area contributed by atoms with E-state index in [1.54, 1.807) is 0 Å². The number of para-hydroxylation sites is 1. The topological polar surface area (TPSA) is 44.9 Å². The maximum atomic E-state index is 12.8. The molecule has 0 unspecified atom stereocenters. The number of aromatic amines is 1. The van der Waals surface area contributed by atoms with Crippen LogP contribution in [-0.2, 0) is 23.1 Å². The van der Waals surface area contributed by atoms with Gasteiger partial charge in [0.2, 0.25) is 5.91 Å². The van der Waals surface area contributed by atoms with Crippen LogP contribution in [0.15, 0.2) is 48.7 Å². The van der Waals surface area contributed by atoms with Gasteiger partial charge in [-0.15, -0.1) is 0 Å². The standard InChI is InChI=1S/C22H23ClN2O/c1-2-15-4-3-5-19-16(14-25-20(15)19)10-13-24-21(26)22(11-12-22)17-6-8-18(23)9-7-17/h3-9,14,25H,2,10-13H2,1H3,(H,24,26). The maximum absolute atomic E-state index is 12.8. The lowest BCUT2D eigenvalue weighted by atomic mass is 9.95. The molecule has 1 aliphatic carbocycles. The van der Waals surface area contributed by atoms with E-state index in [9.17, 15) is 4.79 Å². The van der Waals surface area contributed by atoms with Crippen molar-refractivity contribution >= 4 is 28.4 Å². The van der Waals surface area contributed by atoms with Crippen LogP contribution in [0.5, 0.6) is 0 Å². The zero-order valence-corrected chi connectivity index (χ0v) is 15.7. The Hall–Kier alpha value is -2.26.